The number of alkyl halides is 3. The van der Waals surface area contributed by atoms with E-state index in [0.717, 1.165) is 48.3 Å². The van der Waals surface area contributed by atoms with E-state index in [1.54, 1.807) is 0 Å². The molecule has 4 rings (SSSR count). The fraction of sp³-hybridized carbons (Fsp3) is 0.545. The second-order valence-electron chi connectivity index (χ2n) is 8.38. The van der Waals surface area contributed by atoms with E-state index >= 15 is 0 Å². The van der Waals surface area contributed by atoms with Gasteiger partial charge in [-0.05, 0) is 84.9 Å². The van der Waals surface area contributed by atoms with Gasteiger partial charge in [-0.25, -0.2) is 4.39 Å². The van der Waals surface area contributed by atoms with Gasteiger partial charge in [0.25, 0.3) is 0 Å². The molecule has 0 amide bonds. The lowest BCUT2D eigenvalue weighted by atomic mass is 9.64. The molecule has 2 aliphatic carbocycles. The van der Waals surface area contributed by atoms with E-state index in [4.69, 9.17) is 0 Å². The largest absolute Gasteiger partial charge is 0.416 e. The van der Waals surface area contributed by atoms with Crippen molar-refractivity contribution in [3.8, 4) is 0 Å². The van der Waals surface area contributed by atoms with Crippen molar-refractivity contribution in [3.05, 3.63) is 47.3 Å². The minimum Gasteiger partial charge on any atom is -0.206 e. The van der Waals surface area contributed by atoms with Crippen molar-refractivity contribution in [2.24, 2.45) is 17.8 Å². The van der Waals surface area contributed by atoms with Crippen molar-refractivity contribution in [2.45, 2.75) is 57.5 Å². The Kier molecular flexibility index (Phi) is 4.48. The Labute approximate surface area is 151 Å². The Morgan fingerprint density at radius 2 is 1.62 bits per heavy atom. The van der Waals surface area contributed by atoms with Gasteiger partial charge in [0.05, 0.1) is 5.56 Å². The quantitative estimate of drug-likeness (QED) is 0.465. The Balaban J connectivity index is 1.61. The fourth-order valence-corrected chi connectivity index (χ4v) is 5.17. The van der Waals surface area contributed by atoms with E-state index < -0.39 is 17.6 Å². The fourth-order valence-electron chi connectivity index (χ4n) is 5.17. The number of rotatable bonds is 1. The standard InChI is InChI=1S/C22H24F4/c1-13-2-3-15-9-16(5-4-14(15)8-13)18-10-17-6-7-19(22(24,25)26)12-20(17)21(23)11-18/h6-7,10-16H,2-5,8-9H2,1H3. The first-order valence-corrected chi connectivity index (χ1v) is 9.61. The second kappa shape index (κ2) is 6.54. The van der Waals surface area contributed by atoms with Crippen LogP contribution in [0.5, 0.6) is 0 Å². The highest BCUT2D eigenvalue weighted by Gasteiger charge is 2.35. The third kappa shape index (κ3) is 3.35. The maximum Gasteiger partial charge on any atom is 0.416 e. The van der Waals surface area contributed by atoms with Crippen LogP contribution in [0.15, 0.2) is 30.3 Å². The van der Waals surface area contributed by atoms with Crippen molar-refractivity contribution in [1.29, 1.82) is 0 Å². The van der Waals surface area contributed by atoms with Crippen molar-refractivity contribution >= 4 is 10.8 Å². The third-order valence-corrected chi connectivity index (χ3v) is 6.60. The molecule has 0 heterocycles. The molecule has 2 aromatic carbocycles. The van der Waals surface area contributed by atoms with Crippen molar-refractivity contribution in [3.63, 3.8) is 0 Å². The van der Waals surface area contributed by atoms with Crippen LogP contribution >= 0.6 is 0 Å². The van der Waals surface area contributed by atoms with Crippen LogP contribution in [-0.2, 0) is 6.18 Å². The number of benzene rings is 2. The molecule has 2 aliphatic rings. The van der Waals surface area contributed by atoms with Gasteiger partial charge in [0, 0.05) is 5.39 Å². The van der Waals surface area contributed by atoms with E-state index in [9.17, 15) is 17.6 Å². The van der Waals surface area contributed by atoms with Gasteiger partial charge in [0.15, 0.2) is 0 Å². The lowest BCUT2D eigenvalue weighted by molar-refractivity contribution is -0.137. The Morgan fingerprint density at radius 1 is 0.885 bits per heavy atom. The zero-order valence-corrected chi connectivity index (χ0v) is 15.0. The second-order valence-corrected chi connectivity index (χ2v) is 8.38. The number of hydrogen-bond donors (Lipinski definition) is 0. The topological polar surface area (TPSA) is 0 Å². The van der Waals surface area contributed by atoms with Crippen LogP contribution in [-0.4, -0.2) is 0 Å². The molecule has 140 valence electrons. The zero-order chi connectivity index (χ0) is 18.5. The third-order valence-electron chi connectivity index (χ3n) is 6.60. The summed E-state index contributed by atoms with van der Waals surface area (Å²) in [6, 6.07) is 6.74. The molecule has 26 heavy (non-hydrogen) atoms. The van der Waals surface area contributed by atoms with Gasteiger partial charge in [-0.15, -0.1) is 0 Å². The van der Waals surface area contributed by atoms with E-state index in [0.29, 0.717) is 11.3 Å². The van der Waals surface area contributed by atoms with Gasteiger partial charge in [0.2, 0.25) is 0 Å². The maximum atomic E-state index is 14.6. The highest BCUT2D eigenvalue weighted by atomic mass is 19.4. The van der Waals surface area contributed by atoms with E-state index in [1.807, 2.05) is 6.07 Å². The SMILES string of the molecule is CC1CCC2CC(c3cc(F)c4cc(C(F)(F)F)ccc4c3)CCC2C1. The summed E-state index contributed by atoms with van der Waals surface area (Å²) in [5, 5.41) is 0.621. The summed E-state index contributed by atoms with van der Waals surface area (Å²) in [7, 11) is 0. The molecule has 4 heteroatoms. The normalized spacial score (nSPS) is 29.6. The van der Waals surface area contributed by atoms with Gasteiger partial charge in [-0.2, -0.15) is 13.2 Å². The molecule has 0 bridgehead atoms. The van der Waals surface area contributed by atoms with Gasteiger partial charge in [-0.3, -0.25) is 0 Å². The summed E-state index contributed by atoms with van der Waals surface area (Å²) in [5.74, 6) is 2.12. The minimum absolute atomic E-state index is 0.0590. The zero-order valence-electron chi connectivity index (χ0n) is 15.0. The smallest absolute Gasteiger partial charge is 0.206 e. The molecule has 2 saturated carbocycles. The van der Waals surface area contributed by atoms with Gasteiger partial charge < -0.3 is 0 Å². The predicted molar refractivity (Wildman–Crippen MR) is 95.5 cm³/mol. The van der Waals surface area contributed by atoms with Crippen LogP contribution in [0.4, 0.5) is 17.6 Å². The summed E-state index contributed by atoms with van der Waals surface area (Å²) < 4.78 is 53.2. The maximum absolute atomic E-state index is 14.6. The molecule has 2 fully saturated rings. The van der Waals surface area contributed by atoms with Crippen LogP contribution in [0.25, 0.3) is 10.8 Å². The van der Waals surface area contributed by atoms with Crippen LogP contribution < -0.4 is 0 Å². The molecule has 4 atom stereocenters. The van der Waals surface area contributed by atoms with Crippen molar-refractivity contribution < 1.29 is 17.6 Å². The molecule has 0 nitrogen and oxygen atoms in total. The van der Waals surface area contributed by atoms with Gasteiger partial charge in [0.1, 0.15) is 5.82 Å². The van der Waals surface area contributed by atoms with E-state index in [2.05, 4.69) is 6.92 Å². The predicted octanol–water partition coefficient (Wildman–Crippen LogP) is 7.32. The lowest BCUT2D eigenvalue weighted by Crippen LogP contribution is -2.29. The number of halogens is 4. The summed E-state index contributed by atoms with van der Waals surface area (Å²) >= 11 is 0. The summed E-state index contributed by atoms with van der Waals surface area (Å²) in [4.78, 5) is 0. The Morgan fingerprint density at radius 3 is 2.38 bits per heavy atom. The molecule has 0 aromatic heterocycles. The Hall–Kier alpha value is -1.58. The van der Waals surface area contributed by atoms with Crippen LogP contribution in [0, 0.1) is 23.6 Å². The first-order valence-electron chi connectivity index (χ1n) is 9.61. The van der Waals surface area contributed by atoms with Gasteiger partial charge in [-0.1, -0.05) is 25.5 Å². The summed E-state index contributed by atoms with van der Waals surface area (Å²) in [6.07, 6.45) is 2.72. The summed E-state index contributed by atoms with van der Waals surface area (Å²) in [5.41, 5.74) is 0.153. The molecule has 0 spiro atoms. The average molecular weight is 364 g/mol. The van der Waals surface area contributed by atoms with Crippen LogP contribution in [0.1, 0.15) is 62.5 Å². The highest BCUT2D eigenvalue weighted by molar-refractivity contribution is 5.84. The molecule has 0 radical (unpaired) electrons. The lowest BCUT2D eigenvalue weighted by Gasteiger charge is -2.41. The monoisotopic (exact) mass is 364 g/mol. The number of fused-ring (bicyclic) bond motifs is 2. The number of hydrogen-bond acceptors (Lipinski definition) is 0. The van der Waals surface area contributed by atoms with E-state index in [-0.39, 0.29) is 5.39 Å². The van der Waals surface area contributed by atoms with Gasteiger partial charge >= 0.3 is 6.18 Å². The van der Waals surface area contributed by atoms with Crippen molar-refractivity contribution in [1.82, 2.24) is 0 Å². The van der Waals surface area contributed by atoms with E-state index in [1.165, 1.54) is 37.8 Å². The minimum atomic E-state index is -4.45. The molecule has 0 aliphatic heterocycles. The molecule has 4 unspecified atom stereocenters. The molecule has 0 N–H and O–H groups in total. The molecular weight excluding hydrogens is 340 g/mol. The highest BCUT2D eigenvalue weighted by Crippen LogP contribution is 2.48. The first-order chi connectivity index (χ1) is 12.3. The Bertz CT molecular complexity index is 808. The first kappa shape index (κ1) is 17.8. The molecule has 2 aromatic rings. The van der Waals surface area contributed by atoms with Crippen LogP contribution in [0.3, 0.4) is 0 Å². The molecular formula is C22H24F4. The van der Waals surface area contributed by atoms with Crippen LogP contribution in [0.2, 0.25) is 0 Å². The summed E-state index contributed by atoms with van der Waals surface area (Å²) in [6.45, 7) is 2.33. The van der Waals surface area contributed by atoms with Crippen molar-refractivity contribution in [2.75, 3.05) is 0 Å². The molecule has 0 saturated heterocycles. The average Bonchev–Trinajstić information content (AvgIpc) is 2.60.